The average molecular weight is 244 g/mol. The number of fused-ring (bicyclic) bond motifs is 1. The Morgan fingerprint density at radius 3 is 2.78 bits per heavy atom. The van der Waals surface area contributed by atoms with Gasteiger partial charge in [0.25, 0.3) is 0 Å². The molecular formula is C14H16N2O2. The van der Waals surface area contributed by atoms with Gasteiger partial charge in [0.15, 0.2) is 17.3 Å². The number of carbonyl (C=O) groups excluding carboxylic acids is 1. The van der Waals surface area contributed by atoms with E-state index in [1.54, 1.807) is 12.1 Å². The van der Waals surface area contributed by atoms with Crippen LogP contribution in [0.25, 0.3) is 11.1 Å². The molecule has 4 heteroatoms. The summed E-state index contributed by atoms with van der Waals surface area (Å²) in [7, 11) is 0. The van der Waals surface area contributed by atoms with Crippen LogP contribution in [0.15, 0.2) is 16.5 Å². The van der Waals surface area contributed by atoms with Crippen LogP contribution in [-0.4, -0.2) is 10.8 Å². The Hall–Kier alpha value is -1.84. The van der Waals surface area contributed by atoms with Crippen LogP contribution in [0.2, 0.25) is 0 Å². The number of Topliss-reactive ketones (excluding diaryl/α,β-unsaturated/α-hetero) is 1. The fourth-order valence-corrected chi connectivity index (χ4v) is 2.63. The number of hydrogen-bond donors (Lipinski definition) is 1. The van der Waals surface area contributed by atoms with Crippen molar-refractivity contribution in [2.75, 3.05) is 5.73 Å². The first-order chi connectivity index (χ1) is 8.65. The maximum Gasteiger partial charge on any atom is 0.198 e. The highest BCUT2D eigenvalue weighted by Gasteiger charge is 2.23. The lowest BCUT2D eigenvalue weighted by molar-refractivity contribution is 0.101. The summed E-state index contributed by atoms with van der Waals surface area (Å²) in [6.45, 7) is 1.53. The quantitative estimate of drug-likeness (QED) is 0.650. The third kappa shape index (κ3) is 1.78. The van der Waals surface area contributed by atoms with Crippen molar-refractivity contribution in [1.29, 1.82) is 0 Å². The molecule has 4 nitrogen and oxygen atoms in total. The molecule has 1 aliphatic rings. The van der Waals surface area contributed by atoms with Crippen LogP contribution in [0.1, 0.15) is 54.8 Å². The summed E-state index contributed by atoms with van der Waals surface area (Å²) in [5.41, 5.74) is 8.31. The summed E-state index contributed by atoms with van der Waals surface area (Å²) in [5, 5.41) is 0. The van der Waals surface area contributed by atoms with Gasteiger partial charge in [0.2, 0.25) is 0 Å². The van der Waals surface area contributed by atoms with Crippen LogP contribution in [0, 0.1) is 0 Å². The van der Waals surface area contributed by atoms with Gasteiger partial charge in [0.05, 0.1) is 5.69 Å². The summed E-state index contributed by atoms with van der Waals surface area (Å²) >= 11 is 0. The van der Waals surface area contributed by atoms with E-state index in [0.29, 0.717) is 28.3 Å². The van der Waals surface area contributed by atoms with E-state index in [-0.39, 0.29) is 5.78 Å². The number of hydrogen-bond acceptors (Lipinski definition) is 4. The van der Waals surface area contributed by atoms with Gasteiger partial charge in [-0.2, -0.15) is 0 Å². The average Bonchev–Trinajstić information content (AvgIpc) is 2.96. The summed E-state index contributed by atoms with van der Waals surface area (Å²) in [4.78, 5) is 15.9. The molecule has 94 valence electrons. The second-order valence-electron chi connectivity index (χ2n) is 5.00. The number of oxazole rings is 1. The largest absolute Gasteiger partial charge is 0.438 e. The van der Waals surface area contributed by atoms with Crippen molar-refractivity contribution in [3.63, 3.8) is 0 Å². The zero-order chi connectivity index (χ0) is 12.7. The van der Waals surface area contributed by atoms with Crippen LogP contribution in [0.3, 0.4) is 0 Å². The number of nitrogen functional groups attached to an aromatic ring is 1. The molecule has 0 saturated heterocycles. The van der Waals surface area contributed by atoms with Crippen LogP contribution in [0.5, 0.6) is 0 Å². The molecule has 1 fully saturated rings. The van der Waals surface area contributed by atoms with E-state index < -0.39 is 0 Å². The smallest absolute Gasteiger partial charge is 0.198 e. The van der Waals surface area contributed by atoms with Gasteiger partial charge in [-0.05, 0) is 31.9 Å². The molecule has 2 N–H and O–H groups in total. The van der Waals surface area contributed by atoms with Crippen LogP contribution in [0.4, 0.5) is 5.69 Å². The molecule has 0 aliphatic heterocycles. The molecule has 18 heavy (non-hydrogen) atoms. The van der Waals surface area contributed by atoms with E-state index in [1.807, 2.05) is 0 Å². The molecule has 0 unspecified atom stereocenters. The Balaban J connectivity index is 2.10. The van der Waals surface area contributed by atoms with E-state index in [4.69, 9.17) is 10.2 Å². The minimum Gasteiger partial charge on any atom is -0.438 e. The Morgan fingerprint density at radius 1 is 1.39 bits per heavy atom. The third-order valence-corrected chi connectivity index (χ3v) is 3.65. The molecule has 1 aromatic carbocycles. The van der Waals surface area contributed by atoms with Gasteiger partial charge < -0.3 is 10.2 Å². The van der Waals surface area contributed by atoms with Crippen molar-refractivity contribution in [2.24, 2.45) is 0 Å². The van der Waals surface area contributed by atoms with Crippen molar-refractivity contribution in [2.45, 2.75) is 38.5 Å². The first-order valence-electron chi connectivity index (χ1n) is 6.36. The highest BCUT2D eigenvalue weighted by atomic mass is 16.3. The lowest BCUT2D eigenvalue weighted by Gasteiger charge is -2.00. The standard InChI is InChI=1S/C14H16N2O2/c1-8(17)10-6-11(15)13-12(7-10)16-14(18-13)9-4-2-3-5-9/h6-7,9H,2-5,15H2,1H3. The zero-order valence-electron chi connectivity index (χ0n) is 10.4. The van der Waals surface area contributed by atoms with E-state index in [2.05, 4.69) is 4.98 Å². The van der Waals surface area contributed by atoms with Gasteiger partial charge in [0, 0.05) is 11.5 Å². The number of rotatable bonds is 2. The van der Waals surface area contributed by atoms with Crippen molar-refractivity contribution >= 4 is 22.6 Å². The highest BCUT2D eigenvalue weighted by Crippen LogP contribution is 2.36. The zero-order valence-corrected chi connectivity index (χ0v) is 10.4. The minimum atomic E-state index is -0.00554. The Kier molecular flexibility index (Phi) is 2.58. The highest BCUT2D eigenvalue weighted by molar-refractivity contribution is 6.00. The molecule has 0 spiro atoms. The van der Waals surface area contributed by atoms with Crippen LogP contribution < -0.4 is 5.73 Å². The fourth-order valence-electron chi connectivity index (χ4n) is 2.63. The minimum absolute atomic E-state index is 0.00554. The molecule has 3 rings (SSSR count). The van der Waals surface area contributed by atoms with Gasteiger partial charge >= 0.3 is 0 Å². The van der Waals surface area contributed by atoms with E-state index in [1.165, 1.54) is 19.8 Å². The van der Waals surface area contributed by atoms with Crippen molar-refractivity contribution in [1.82, 2.24) is 4.98 Å². The van der Waals surface area contributed by atoms with Crippen LogP contribution in [-0.2, 0) is 0 Å². The molecule has 2 aromatic rings. The molecule has 0 radical (unpaired) electrons. The fraction of sp³-hybridized carbons (Fsp3) is 0.429. The predicted molar refractivity (Wildman–Crippen MR) is 69.6 cm³/mol. The molecule has 1 heterocycles. The molecule has 1 saturated carbocycles. The summed E-state index contributed by atoms with van der Waals surface area (Å²) < 4.78 is 5.77. The SMILES string of the molecule is CC(=O)c1cc(N)c2oc(C3CCCC3)nc2c1. The topological polar surface area (TPSA) is 69.1 Å². The van der Waals surface area contributed by atoms with E-state index >= 15 is 0 Å². The summed E-state index contributed by atoms with van der Waals surface area (Å²) in [6.07, 6.45) is 4.73. The Labute approximate surface area is 105 Å². The summed E-state index contributed by atoms with van der Waals surface area (Å²) in [5.74, 6) is 1.18. The first-order valence-corrected chi connectivity index (χ1v) is 6.36. The second kappa shape index (κ2) is 4.12. The number of nitrogens with two attached hydrogens (primary N) is 1. The normalized spacial score (nSPS) is 16.5. The Bertz CT molecular complexity index is 610. The predicted octanol–water partition coefficient (Wildman–Crippen LogP) is 3.27. The van der Waals surface area contributed by atoms with Crippen molar-refractivity contribution in [3.8, 4) is 0 Å². The third-order valence-electron chi connectivity index (χ3n) is 3.65. The second-order valence-corrected chi connectivity index (χ2v) is 5.00. The maximum atomic E-state index is 11.4. The number of nitrogens with zero attached hydrogens (tertiary/aromatic N) is 1. The van der Waals surface area contributed by atoms with Gasteiger partial charge in [0.1, 0.15) is 5.52 Å². The number of aromatic nitrogens is 1. The van der Waals surface area contributed by atoms with E-state index in [0.717, 1.165) is 18.7 Å². The first kappa shape index (κ1) is 11.3. The monoisotopic (exact) mass is 244 g/mol. The van der Waals surface area contributed by atoms with Crippen molar-refractivity contribution in [3.05, 3.63) is 23.6 Å². The molecule has 0 amide bonds. The molecular weight excluding hydrogens is 228 g/mol. The number of anilines is 1. The molecule has 0 atom stereocenters. The van der Waals surface area contributed by atoms with Gasteiger partial charge in [-0.15, -0.1) is 0 Å². The molecule has 1 aromatic heterocycles. The molecule has 1 aliphatic carbocycles. The van der Waals surface area contributed by atoms with E-state index in [9.17, 15) is 4.79 Å². The molecule has 0 bridgehead atoms. The number of ketones is 1. The van der Waals surface area contributed by atoms with Crippen LogP contribution >= 0.6 is 0 Å². The summed E-state index contributed by atoms with van der Waals surface area (Å²) in [6, 6.07) is 3.42. The number of benzene rings is 1. The maximum absolute atomic E-state index is 11.4. The lowest BCUT2D eigenvalue weighted by atomic mass is 10.1. The lowest BCUT2D eigenvalue weighted by Crippen LogP contribution is -1.95. The number of carbonyl (C=O) groups is 1. The Morgan fingerprint density at radius 2 is 2.11 bits per heavy atom. The van der Waals surface area contributed by atoms with Gasteiger partial charge in [-0.25, -0.2) is 4.98 Å². The van der Waals surface area contributed by atoms with Gasteiger partial charge in [-0.3, -0.25) is 4.79 Å². The van der Waals surface area contributed by atoms with Crippen molar-refractivity contribution < 1.29 is 9.21 Å². The van der Waals surface area contributed by atoms with Gasteiger partial charge in [-0.1, -0.05) is 12.8 Å².